The fraction of sp³-hybridized carbons (Fsp3) is 0.318. The van der Waals surface area contributed by atoms with Crippen molar-refractivity contribution in [2.24, 2.45) is 5.92 Å². The van der Waals surface area contributed by atoms with Crippen molar-refractivity contribution in [2.75, 3.05) is 5.32 Å². The van der Waals surface area contributed by atoms with Crippen molar-refractivity contribution in [3.8, 4) is 6.07 Å². The third-order valence-corrected chi connectivity index (χ3v) is 4.59. The van der Waals surface area contributed by atoms with Crippen LogP contribution in [0.25, 0.3) is 0 Å². The van der Waals surface area contributed by atoms with E-state index in [1.807, 2.05) is 50.2 Å². The summed E-state index contributed by atoms with van der Waals surface area (Å²) in [4.78, 5) is 25.2. The number of anilines is 1. The molecule has 0 spiro atoms. The van der Waals surface area contributed by atoms with E-state index >= 15 is 0 Å². The van der Waals surface area contributed by atoms with Gasteiger partial charge in [-0.25, -0.2) is 0 Å². The number of hydrogen-bond acceptors (Lipinski definition) is 4. The summed E-state index contributed by atoms with van der Waals surface area (Å²) in [6.07, 6.45) is -0.162. The second-order valence-electron chi connectivity index (χ2n) is 6.50. The fourth-order valence-corrected chi connectivity index (χ4v) is 2.82. The first-order valence-corrected chi connectivity index (χ1v) is 9.03. The summed E-state index contributed by atoms with van der Waals surface area (Å²) in [6.45, 7) is 5.54. The molecule has 3 atom stereocenters. The van der Waals surface area contributed by atoms with Crippen LogP contribution in [0.5, 0.6) is 0 Å². The van der Waals surface area contributed by atoms with E-state index < -0.39 is 23.9 Å². The van der Waals surface area contributed by atoms with Crippen molar-refractivity contribution in [1.29, 1.82) is 5.26 Å². The summed E-state index contributed by atoms with van der Waals surface area (Å²) in [5, 5.41) is 11.8. The molecule has 0 bridgehead atoms. The molecule has 2 rings (SSSR count). The van der Waals surface area contributed by atoms with Gasteiger partial charge in [0.25, 0.3) is 5.91 Å². The van der Waals surface area contributed by atoms with Gasteiger partial charge in [0, 0.05) is 0 Å². The van der Waals surface area contributed by atoms with Gasteiger partial charge in [-0.15, -0.1) is 0 Å². The maximum atomic E-state index is 12.8. The van der Waals surface area contributed by atoms with Crippen molar-refractivity contribution in [1.82, 2.24) is 0 Å². The molecule has 1 amide bonds. The highest BCUT2D eigenvalue weighted by molar-refractivity contribution is 5.96. The molecule has 0 heterocycles. The van der Waals surface area contributed by atoms with Crippen LogP contribution >= 0.6 is 0 Å². The second kappa shape index (κ2) is 9.54. The molecule has 0 radical (unpaired) electrons. The lowest BCUT2D eigenvalue weighted by atomic mass is 9.85. The molecule has 2 aromatic rings. The molecule has 1 N–H and O–H groups in total. The maximum Gasteiger partial charge on any atom is 0.314 e. The summed E-state index contributed by atoms with van der Waals surface area (Å²) in [5.74, 6) is -1.25. The van der Waals surface area contributed by atoms with Crippen molar-refractivity contribution in [3.05, 3.63) is 65.7 Å². The molecule has 0 aliphatic heterocycles. The molecule has 5 nitrogen and oxygen atoms in total. The van der Waals surface area contributed by atoms with Crippen LogP contribution in [0.3, 0.4) is 0 Å². The molecule has 0 saturated heterocycles. The Morgan fingerprint density at radius 2 is 1.70 bits per heavy atom. The molecule has 0 saturated carbocycles. The average molecular weight is 364 g/mol. The Kier molecular flexibility index (Phi) is 7.13. The number of carbonyl (C=O) groups is 2. The van der Waals surface area contributed by atoms with Crippen LogP contribution in [-0.4, -0.2) is 18.0 Å². The standard InChI is InChI=1S/C22H24N2O3/c1-4-15(2)20(17-10-6-5-7-11-17)22(26)27-16(3)21(25)24-19-13-9-8-12-18(19)14-23/h5-13,15-16,20H,4H2,1-3H3,(H,24,25)/t15-,16+,20-/m1/s1. The predicted molar refractivity (Wildman–Crippen MR) is 104 cm³/mol. The first kappa shape index (κ1) is 20.2. The van der Waals surface area contributed by atoms with Crippen molar-refractivity contribution in [2.45, 2.75) is 39.2 Å². The lowest BCUT2D eigenvalue weighted by Crippen LogP contribution is -2.33. The van der Waals surface area contributed by atoms with Crippen LogP contribution in [0.4, 0.5) is 5.69 Å². The number of amides is 1. The zero-order chi connectivity index (χ0) is 19.8. The van der Waals surface area contributed by atoms with Crippen molar-refractivity contribution >= 4 is 17.6 Å². The Hall–Kier alpha value is -3.13. The second-order valence-corrected chi connectivity index (χ2v) is 6.50. The number of hydrogen-bond donors (Lipinski definition) is 1. The third kappa shape index (κ3) is 5.18. The van der Waals surface area contributed by atoms with Crippen LogP contribution in [0.15, 0.2) is 54.6 Å². The molecule has 140 valence electrons. The molecular formula is C22H24N2O3. The highest BCUT2D eigenvalue weighted by Crippen LogP contribution is 2.28. The Bertz CT molecular complexity index is 827. The van der Waals surface area contributed by atoms with Crippen LogP contribution < -0.4 is 5.32 Å². The van der Waals surface area contributed by atoms with Gasteiger partial charge in [-0.1, -0.05) is 62.7 Å². The van der Waals surface area contributed by atoms with E-state index in [4.69, 9.17) is 10.00 Å². The number of benzene rings is 2. The minimum atomic E-state index is -0.973. The fourth-order valence-electron chi connectivity index (χ4n) is 2.82. The molecule has 0 unspecified atom stereocenters. The average Bonchev–Trinajstić information content (AvgIpc) is 2.69. The van der Waals surface area contributed by atoms with E-state index in [1.165, 1.54) is 6.92 Å². The summed E-state index contributed by atoms with van der Waals surface area (Å²) in [5.41, 5.74) is 1.62. The number of ether oxygens (including phenoxy) is 1. The molecule has 5 heteroatoms. The number of nitrogens with zero attached hydrogens (tertiary/aromatic N) is 1. The van der Waals surface area contributed by atoms with Gasteiger partial charge in [0.1, 0.15) is 6.07 Å². The first-order valence-electron chi connectivity index (χ1n) is 9.03. The number of rotatable bonds is 7. The SMILES string of the molecule is CC[C@@H](C)[C@@H](C(=O)O[C@@H](C)C(=O)Nc1ccccc1C#N)c1ccccc1. The monoisotopic (exact) mass is 364 g/mol. The van der Waals surface area contributed by atoms with E-state index in [1.54, 1.807) is 24.3 Å². The Morgan fingerprint density at radius 3 is 2.33 bits per heavy atom. The molecule has 2 aromatic carbocycles. The number of carbonyl (C=O) groups excluding carboxylic acids is 2. The van der Waals surface area contributed by atoms with E-state index in [9.17, 15) is 9.59 Å². The Morgan fingerprint density at radius 1 is 1.07 bits per heavy atom. The molecule has 27 heavy (non-hydrogen) atoms. The number of nitrogens with one attached hydrogen (secondary N) is 1. The molecule has 0 aromatic heterocycles. The predicted octanol–water partition coefficient (Wildman–Crippen LogP) is 4.26. The lowest BCUT2D eigenvalue weighted by molar-refractivity contribution is -0.155. The van der Waals surface area contributed by atoms with Gasteiger partial charge in [0.05, 0.1) is 17.2 Å². The minimum Gasteiger partial charge on any atom is -0.452 e. The first-order chi connectivity index (χ1) is 13.0. The Balaban J connectivity index is 2.10. The van der Waals surface area contributed by atoms with Crippen molar-refractivity contribution < 1.29 is 14.3 Å². The summed E-state index contributed by atoms with van der Waals surface area (Å²) in [6, 6.07) is 18.2. The van der Waals surface area contributed by atoms with Gasteiger partial charge in [-0.2, -0.15) is 5.26 Å². The van der Waals surface area contributed by atoms with E-state index in [0.717, 1.165) is 12.0 Å². The van der Waals surface area contributed by atoms with Gasteiger partial charge in [-0.3, -0.25) is 9.59 Å². The van der Waals surface area contributed by atoms with Gasteiger partial charge >= 0.3 is 5.97 Å². The number of esters is 1. The molecule has 0 aliphatic carbocycles. The smallest absolute Gasteiger partial charge is 0.314 e. The highest BCUT2D eigenvalue weighted by Gasteiger charge is 2.30. The van der Waals surface area contributed by atoms with E-state index in [2.05, 4.69) is 5.32 Å². The van der Waals surface area contributed by atoms with E-state index in [-0.39, 0.29) is 5.92 Å². The van der Waals surface area contributed by atoms with Gasteiger partial charge in [0.2, 0.25) is 0 Å². The molecule has 0 aliphatic rings. The number of para-hydroxylation sites is 1. The topological polar surface area (TPSA) is 79.2 Å². The summed E-state index contributed by atoms with van der Waals surface area (Å²) in [7, 11) is 0. The van der Waals surface area contributed by atoms with E-state index in [0.29, 0.717) is 11.3 Å². The largest absolute Gasteiger partial charge is 0.452 e. The van der Waals surface area contributed by atoms with Crippen LogP contribution in [0.2, 0.25) is 0 Å². The van der Waals surface area contributed by atoms with Gasteiger partial charge in [0.15, 0.2) is 6.10 Å². The summed E-state index contributed by atoms with van der Waals surface area (Å²) < 4.78 is 5.46. The lowest BCUT2D eigenvalue weighted by Gasteiger charge is -2.24. The van der Waals surface area contributed by atoms with Gasteiger partial charge < -0.3 is 10.1 Å². The zero-order valence-electron chi connectivity index (χ0n) is 15.8. The zero-order valence-corrected chi connectivity index (χ0v) is 15.8. The van der Waals surface area contributed by atoms with Crippen molar-refractivity contribution in [3.63, 3.8) is 0 Å². The maximum absolute atomic E-state index is 12.8. The van der Waals surface area contributed by atoms with Crippen LogP contribution in [0.1, 0.15) is 44.2 Å². The van der Waals surface area contributed by atoms with Gasteiger partial charge in [-0.05, 0) is 30.5 Å². The quantitative estimate of drug-likeness (QED) is 0.745. The molecular weight excluding hydrogens is 340 g/mol. The van der Waals surface area contributed by atoms with Crippen LogP contribution in [0, 0.1) is 17.2 Å². The highest BCUT2D eigenvalue weighted by atomic mass is 16.5. The third-order valence-electron chi connectivity index (χ3n) is 4.59. The molecule has 0 fully saturated rings. The summed E-state index contributed by atoms with van der Waals surface area (Å²) >= 11 is 0. The van der Waals surface area contributed by atoms with Crippen LogP contribution in [-0.2, 0) is 14.3 Å². The Labute approximate surface area is 160 Å². The normalized spacial score (nSPS) is 13.7. The number of nitriles is 1. The minimum absolute atomic E-state index is 0.0782.